The van der Waals surface area contributed by atoms with E-state index in [1.54, 1.807) is 18.2 Å². The van der Waals surface area contributed by atoms with Crippen LogP contribution in [0.5, 0.6) is 11.5 Å². The maximum Gasteiger partial charge on any atom is 0.269 e. The number of fused-ring (bicyclic) bond motifs is 1. The van der Waals surface area contributed by atoms with Crippen molar-refractivity contribution in [3.8, 4) is 17.6 Å². The number of nitrogens with zero attached hydrogens (tertiary/aromatic N) is 4. The second kappa shape index (κ2) is 8.43. The number of nitriles is 1. The maximum atomic E-state index is 13.5. The number of carbonyl (C=O) groups is 1. The van der Waals surface area contributed by atoms with Gasteiger partial charge in [0.15, 0.2) is 17.3 Å². The second-order valence-electron chi connectivity index (χ2n) is 8.73. The second-order valence-corrected chi connectivity index (χ2v) is 8.73. The van der Waals surface area contributed by atoms with Gasteiger partial charge in [-0.1, -0.05) is 6.07 Å². The number of non-ortho nitro benzene ring substituents is 1. The van der Waals surface area contributed by atoms with Crippen LogP contribution in [0.2, 0.25) is 0 Å². The molecule has 2 aliphatic heterocycles. The Morgan fingerprint density at radius 3 is 2.50 bits per heavy atom. The highest BCUT2D eigenvalue weighted by Gasteiger charge is 2.42. The molecular formula is C27H20N4O5. The van der Waals surface area contributed by atoms with Crippen LogP contribution < -0.4 is 14.4 Å². The van der Waals surface area contributed by atoms with E-state index in [2.05, 4.69) is 6.07 Å². The van der Waals surface area contributed by atoms with E-state index in [0.29, 0.717) is 53.4 Å². The predicted molar refractivity (Wildman–Crippen MR) is 130 cm³/mol. The van der Waals surface area contributed by atoms with Gasteiger partial charge >= 0.3 is 0 Å². The first-order valence-electron chi connectivity index (χ1n) is 11.5. The van der Waals surface area contributed by atoms with Crippen molar-refractivity contribution < 1.29 is 19.2 Å². The van der Waals surface area contributed by atoms with Crippen molar-refractivity contribution in [2.24, 2.45) is 0 Å². The van der Waals surface area contributed by atoms with E-state index in [-0.39, 0.29) is 18.3 Å². The predicted octanol–water partition coefficient (Wildman–Crippen LogP) is 5.13. The fourth-order valence-corrected chi connectivity index (χ4v) is 5.20. The molecule has 9 nitrogen and oxygen atoms in total. The highest BCUT2D eigenvalue weighted by Crippen LogP contribution is 2.50. The van der Waals surface area contributed by atoms with Gasteiger partial charge in [-0.05, 0) is 54.8 Å². The molecule has 6 rings (SSSR count). The molecule has 3 aromatic rings. The van der Waals surface area contributed by atoms with Crippen molar-refractivity contribution in [2.75, 3.05) is 11.7 Å². The number of aromatic nitrogens is 1. The molecule has 3 aliphatic rings. The molecule has 0 radical (unpaired) electrons. The first kappa shape index (κ1) is 21.7. The van der Waals surface area contributed by atoms with Crippen LogP contribution in [0, 0.1) is 21.4 Å². The highest BCUT2D eigenvalue weighted by molar-refractivity contribution is 6.03. The lowest BCUT2D eigenvalue weighted by molar-refractivity contribution is -0.384. The molecule has 2 aromatic carbocycles. The monoisotopic (exact) mass is 480 g/mol. The van der Waals surface area contributed by atoms with Crippen LogP contribution in [0.1, 0.15) is 30.7 Å². The molecular weight excluding hydrogens is 460 g/mol. The number of ether oxygens (including phenoxy) is 2. The fraction of sp³-hybridized carbons (Fsp3) is 0.185. The molecule has 0 saturated carbocycles. The van der Waals surface area contributed by atoms with Crippen LogP contribution in [0.3, 0.4) is 0 Å². The topological polar surface area (TPSA) is 111 Å². The molecule has 0 saturated heterocycles. The Kier molecular flexibility index (Phi) is 5.08. The molecule has 1 atom stereocenters. The average Bonchev–Trinajstić information content (AvgIpc) is 3.59. The van der Waals surface area contributed by atoms with Crippen molar-refractivity contribution in [3.05, 3.63) is 99.5 Å². The largest absolute Gasteiger partial charge is 0.454 e. The first-order valence-corrected chi connectivity index (χ1v) is 11.5. The lowest BCUT2D eigenvalue weighted by Crippen LogP contribution is -2.36. The zero-order chi connectivity index (χ0) is 24.8. The zero-order valence-corrected chi connectivity index (χ0v) is 19.1. The molecule has 0 fully saturated rings. The molecule has 36 heavy (non-hydrogen) atoms. The number of hydrogen-bond acceptors (Lipinski definition) is 7. The summed E-state index contributed by atoms with van der Waals surface area (Å²) >= 11 is 0. The van der Waals surface area contributed by atoms with Gasteiger partial charge < -0.3 is 14.0 Å². The van der Waals surface area contributed by atoms with Crippen molar-refractivity contribution in [1.82, 2.24) is 4.57 Å². The van der Waals surface area contributed by atoms with Gasteiger partial charge in [0.05, 0.1) is 22.5 Å². The summed E-state index contributed by atoms with van der Waals surface area (Å²) in [4.78, 5) is 26.2. The minimum absolute atomic E-state index is 0.00913. The molecule has 1 aliphatic carbocycles. The number of rotatable bonds is 4. The molecule has 0 N–H and O–H groups in total. The van der Waals surface area contributed by atoms with Gasteiger partial charge in [-0.2, -0.15) is 5.26 Å². The number of hydrogen-bond donors (Lipinski definition) is 0. The van der Waals surface area contributed by atoms with Crippen LogP contribution in [-0.2, 0) is 4.79 Å². The maximum absolute atomic E-state index is 13.5. The van der Waals surface area contributed by atoms with Crippen LogP contribution in [0.4, 0.5) is 11.4 Å². The molecule has 178 valence electrons. The number of allylic oxidation sites excluding steroid dienone is 3. The molecule has 0 unspecified atom stereocenters. The van der Waals surface area contributed by atoms with Crippen molar-refractivity contribution >= 4 is 23.0 Å². The summed E-state index contributed by atoms with van der Waals surface area (Å²) in [6, 6.07) is 17.8. The third-order valence-corrected chi connectivity index (χ3v) is 6.75. The Hall–Kier alpha value is -4.84. The van der Waals surface area contributed by atoms with E-state index in [1.165, 1.54) is 12.1 Å². The number of nitro benzene ring substituents is 1. The summed E-state index contributed by atoms with van der Waals surface area (Å²) < 4.78 is 12.9. The Morgan fingerprint density at radius 1 is 1.03 bits per heavy atom. The summed E-state index contributed by atoms with van der Waals surface area (Å²) in [6.07, 6.45) is 5.39. The van der Waals surface area contributed by atoms with E-state index in [0.717, 1.165) is 11.3 Å². The molecule has 1 aromatic heterocycles. The number of benzene rings is 2. The summed E-state index contributed by atoms with van der Waals surface area (Å²) in [7, 11) is 0. The summed E-state index contributed by atoms with van der Waals surface area (Å²) in [5.41, 5.74) is 3.15. The number of Topliss-reactive ketones (excluding diaryl/α,β-unsaturated/α-hetero) is 1. The van der Waals surface area contributed by atoms with Crippen LogP contribution in [0.15, 0.2) is 83.8 Å². The van der Waals surface area contributed by atoms with Gasteiger partial charge in [-0.15, -0.1) is 0 Å². The lowest BCUT2D eigenvalue weighted by atomic mass is 9.75. The normalized spacial score (nSPS) is 18.8. The molecule has 0 bridgehead atoms. The number of anilines is 1. The molecule has 3 heterocycles. The average molecular weight is 480 g/mol. The van der Waals surface area contributed by atoms with Gasteiger partial charge in [-0.3, -0.25) is 19.8 Å². The minimum atomic E-state index is -0.584. The highest BCUT2D eigenvalue weighted by atomic mass is 16.7. The van der Waals surface area contributed by atoms with Gasteiger partial charge in [0, 0.05) is 47.9 Å². The van der Waals surface area contributed by atoms with E-state index >= 15 is 0 Å². The summed E-state index contributed by atoms with van der Waals surface area (Å²) in [6.45, 7) is 0.125. The number of ketones is 1. The molecule has 9 heteroatoms. The van der Waals surface area contributed by atoms with Gasteiger partial charge in [0.2, 0.25) is 6.79 Å². The number of nitro groups is 1. The Labute approximate surface area is 206 Å². The third kappa shape index (κ3) is 3.34. The molecule has 0 spiro atoms. The van der Waals surface area contributed by atoms with Crippen molar-refractivity contribution in [1.29, 1.82) is 5.26 Å². The minimum Gasteiger partial charge on any atom is -0.454 e. The molecule has 0 amide bonds. The van der Waals surface area contributed by atoms with E-state index in [1.807, 2.05) is 46.1 Å². The van der Waals surface area contributed by atoms with Crippen LogP contribution >= 0.6 is 0 Å². The van der Waals surface area contributed by atoms with Crippen molar-refractivity contribution in [2.45, 2.75) is 25.2 Å². The first-order chi connectivity index (χ1) is 17.6. The Balaban J connectivity index is 1.62. The van der Waals surface area contributed by atoms with Gasteiger partial charge in [-0.25, -0.2) is 0 Å². The standard InChI is InChI=1S/C27H20N4O5/c28-15-20-25(17-6-11-23-24(14-17)36-16-35-23)26-21(4-3-5-22(26)32)30(27(20)29-12-1-2-13-29)18-7-9-19(10-8-18)31(33)34/h1-2,6-14,25H,3-5,16H2/t25-/m0/s1. The third-order valence-electron chi connectivity index (χ3n) is 6.75. The Bertz CT molecular complexity index is 1500. The fourth-order valence-electron chi connectivity index (χ4n) is 5.20. The number of carbonyl (C=O) groups excluding carboxylic acids is 1. The summed E-state index contributed by atoms with van der Waals surface area (Å²) in [5, 5.41) is 21.8. The van der Waals surface area contributed by atoms with Gasteiger partial charge in [0.25, 0.3) is 5.69 Å². The summed E-state index contributed by atoms with van der Waals surface area (Å²) in [5.74, 6) is 1.20. The van der Waals surface area contributed by atoms with Crippen LogP contribution in [0.25, 0.3) is 5.82 Å². The zero-order valence-electron chi connectivity index (χ0n) is 19.1. The van der Waals surface area contributed by atoms with E-state index in [9.17, 15) is 20.2 Å². The SMILES string of the molecule is N#CC1=C(n2cccc2)N(c2ccc([N+](=O)[O-])cc2)C2=C(C(=O)CCC2)[C@H]1c1ccc2c(c1)OCO2. The quantitative estimate of drug-likeness (QED) is 0.376. The van der Waals surface area contributed by atoms with E-state index in [4.69, 9.17) is 9.47 Å². The lowest BCUT2D eigenvalue weighted by Gasteiger charge is -2.41. The van der Waals surface area contributed by atoms with E-state index < -0.39 is 10.8 Å². The van der Waals surface area contributed by atoms with Gasteiger partial charge in [0.1, 0.15) is 5.82 Å². The van der Waals surface area contributed by atoms with Crippen molar-refractivity contribution in [3.63, 3.8) is 0 Å². The smallest absolute Gasteiger partial charge is 0.269 e. The Morgan fingerprint density at radius 2 is 1.78 bits per heavy atom. The van der Waals surface area contributed by atoms with Crippen LogP contribution in [-0.4, -0.2) is 22.1 Å².